The van der Waals surface area contributed by atoms with Gasteiger partial charge in [0.05, 0.1) is 38.2 Å². The van der Waals surface area contributed by atoms with Crippen molar-refractivity contribution in [2.75, 3.05) is 49.6 Å². The van der Waals surface area contributed by atoms with Gasteiger partial charge in [0, 0.05) is 13.1 Å². The molecule has 2 amide bonds. The topological polar surface area (TPSA) is 110 Å². The number of anilines is 2. The molecule has 1 aliphatic rings. The molecule has 0 atom stereocenters. The zero-order chi connectivity index (χ0) is 15.1. The highest BCUT2D eigenvalue weighted by Crippen LogP contribution is 2.15. The Morgan fingerprint density at radius 1 is 1.22 bits per heavy atom. The van der Waals surface area contributed by atoms with Crippen molar-refractivity contribution in [3.8, 4) is 0 Å². The van der Waals surface area contributed by atoms with Gasteiger partial charge in [0.25, 0.3) is 0 Å². The van der Waals surface area contributed by atoms with Crippen molar-refractivity contribution in [2.45, 2.75) is 0 Å². The summed E-state index contributed by atoms with van der Waals surface area (Å²) >= 11 is 0. The average molecular weight is 366 g/mol. The van der Waals surface area contributed by atoms with Crippen LogP contribution in [0.1, 0.15) is 0 Å². The number of aromatic nitrogens is 1. The average Bonchev–Trinajstić information content (AvgIpc) is 2.54. The van der Waals surface area contributed by atoms with Crippen LogP contribution in [-0.4, -0.2) is 56.2 Å². The molecule has 0 saturated carbocycles. The number of rotatable bonds is 5. The van der Waals surface area contributed by atoms with E-state index in [4.69, 9.17) is 10.5 Å². The second kappa shape index (κ2) is 11.0. The van der Waals surface area contributed by atoms with Crippen LogP contribution >= 0.6 is 24.8 Å². The van der Waals surface area contributed by atoms with Crippen molar-refractivity contribution >= 4 is 48.1 Å². The Bertz CT molecular complexity index is 495. The first kappa shape index (κ1) is 21.4. The Morgan fingerprint density at radius 3 is 2.48 bits per heavy atom. The molecule has 0 bridgehead atoms. The molecule has 2 rings (SSSR count). The van der Waals surface area contributed by atoms with Crippen LogP contribution in [0.5, 0.6) is 0 Å². The molecule has 10 heteroatoms. The number of carbonyl (C=O) groups is 2. The van der Waals surface area contributed by atoms with Crippen molar-refractivity contribution in [1.29, 1.82) is 0 Å². The number of hydrogen-bond donors (Lipinski definition) is 3. The first-order valence-corrected chi connectivity index (χ1v) is 6.74. The van der Waals surface area contributed by atoms with Crippen molar-refractivity contribution in [3.05, 3.63) is 18.3 Å². The molecular weight excluding hydrogens is 345 g/mol. The SMILES string of the molecule is Cl.Cl.NCC(=O)NCC(=O)Nc1ccc(N2CCOCC2)nc1. The van der Waals surface area contributed by atoms with Gasteiger partial charge < -0.3 is 26.0 Å². The molecule has 0 unspecified atom stereocenters. The van der Waals surface area contributed by atoms with Crippen LogP contribution in [-0.2, 0) is 14.3 Å². The summed E-state index contributed by atoms with van der Waals surface area (Å²) in [5, 5.41) is 5.05. The van der Waals surface area contributed by atoms with Crippen molar-refractivity contribution in [2.24, 2.45) is 5.73 Å². The molecule has 4 N–H and O–H groups in total. The Hall–Kier alpha value is -1.61. The van der Waals surface area contributed by atoms with E-state index >= 15 is 0 Å². The van der Waals surface area contributed by atoms with E-state index in [9.17, 15) is 9.59 Å². The molecule has 23 heavy (non-hydrogen) atoms. The molecule has 1 aromatic rings. The van der Waals surface area contributed by atoms with Gasteiger partial charge in [-0.25, -0.2) is 4.98 Å². The molecular formula is C13H21Cl2N5O3. The molecule has 0 radical (unpaired) electrons. The van der Waals surface area contributed by atoms with E-state index in [-0.39, 0.29) is 49.7 Å². The van der Waals surface area contributed by atoms with Crippen molar-refractivity contribution < 1.29 is 14.3 Å². The number of morpholine rings is 1. The van der Waals surface area contributed by atoms with Crippen LogP contribution in [0.15, 0.2) is 18.3 Å². The predicted molar refractivity (Wildman–Crippen MR) is 92.5 cm³/mol. The maximum absolute atomic E-state index is 11.6. The van der Waals surface area contributed by atoms with Crippen LogP contribution < -0.4 is 21.3 Å². The van der Waals surface area contributed by atoms with Crippen LogP contribution in [0.3, 0.4) is 0 Å². The molecule has 0 spiro atoms. The van der Waals surface area contributed by atoms with Gasteiger partial charge in [-0.1, -0.05) is 0 Å². The van der Waals surface area contributed by atoms with E-state index in [2.05, 4.69) is 20.5 Å². The highest BCUT2D eigenvalue weighted by molar-refractivity contribution is 5.94. The van der Waals surface area contributed by atoms with Gasteiger partial charge in [0.2, 0.25) is 11.8 Å². The maximum atomic E-state index is 11.6. The molecule has 0 aromatic carbocycles. The van der Waals surface area contributed by atoms with Crippen molar-refractivity contribution in [3.63, 3.8) is 0 Å². The van der Waals surface area contributed by atoms with Gasteiger partial charge >= 0.3 is 0 Å². The standard InChI is InChI=1S/C13H19N5O3.2ClH/c14-7-12(19)16-9-13(20)17-10-1-2-11(15-8-10)18-3-5-21-6-4-18;;/h1-2,8H,3-7,9,14H2,(H,16,19)(H,17,20);2*1H. The smallest absolute Gasteiger partial charge is 0.243 e. The number of nitrogens with one attached hydrogen (secondary N) is 2. The zero-order valence-corrected chi connectivity index (χ0v) is 14.1. The summed E-state index contributed by atoms with van der Waals surface area (Å²) in [6, 6.07) is 3.62. The van der Waals surface area contributed by atoms with E-state index in [1.807, 2.05) is 6.07 Å². The van der Waals surface area contributed by atoms with Gasteiger partial charge in [0.15, 0.2) is 0 Å². The number of hydrogen-bond acceptors (Lipinski definition) is 6. The molecule has 1 aliphatic heterocycles. The summed E-state index contributed by atoms with van der Waals surface area (Å²) in [6.07, 6.45) is 1.59. The summed E-state index contributed by atoms with van der Waals surface area (Å²) in [4.78, 5) is 29.0. The fraction of sp³-hybridized carbons (Fsp3) is 0.462. The second-order valence-corrected chi connectivity index (χ2v) is 4.53. The van der Waals surface area contributed by atoms with Crippen LogP contribution in [0.2, 0.25) is 0 Å². The monoisotopic (exact) mass is 365 g/mol. The number of amides is 2. The van der Waals surface area contributed by atoms with E-state index in [0.29, 0.717) is 18.9 Å². The van der Waals surface area contributed by atoms with Gasteiger partial charge in [0.1, 0.15) is 5.82 Å². The number of nitrogens with two attached hydrogens (primary N) is 1. The van der Waals surface area contributed by atoms with Crippen molar-refractivity contribution in [1.82, 2.24) is 10.3 Å². The summed E-state index contributed by atoms with van der Waals surface area (Å²) in [5.74, 6) is 0.163. The summed E-state index contributed by atoms with van der Waals surface area (Å²) in [5.41, 5.74) is 5.71. The molecule has 0 aliphatic carbocycles. The highest BCUT2D eigenvalue weighted by Gasteiger charge is 2.12. The Kier molecular flexibility index (Phi) is 10.2. The van der Waals surface area contributed by atoms with Crippen LogP contribution in [0, 0.1) is 0 Å². The van der Waals surface area contributed by atoms with E-state index in [1.165, 1.54) is 0 Å². The second-order valence-electron chi connectivity index (χ2n) is 4.53. The first-order chi connectivity index (χ1) is 10.2. The molecule has 8 nitrogen and oxygen atoms in total. The lowest BCUT2D eigenvalue weighted by atomic mass is 10.3. The third-order valence-electron chi connectivity index (χ3n) is 3.00. The first-order valence-electron chi connectivity index (χ1n) is 6.74. The van der Waals surface area contributed by atoms with E-state index in [1.54, 1.807) is 12.3 Å². The number of halogens is 2. The Morgan fingerprint density at radius 2 is 1.91 bits per heavy atom. The fourth-order valence-electron chi connectivity index (χ4n) is 1.90. The van der Waals surface area contributed by atoms with Gasteiger partial charge in [-0.2, -0.15) is 0 Å². The molecule has 130 valence electrons. The number of ether oxygens (including phenoxy) is 1. The molecule has 1 fully saturated rings. The lowest BCUT2D eigenvalue weighted by Gasteiger charge is -2.27. The largest absolute Gasteiger partial charge is 0.378 e. The molecule has 1 aromatic heterocycles. The van der Waals surface area contributed by atoms with Crippen LogP contribution in [0.25, 0.3) is 0 Å². The zero-order valence-electron chi connectivity index (χ0n) is 12.5. The Labute approximate surface area is 147 Å². The van der Waals surface area contributed by atoms with E-state index in [0.717, 1.165) is 18.9 Å². The number of nitrogens with zero attached hydrogens (tertiary/aromatic N) is 2. The predicted octanol–water partition coefficient (Wildman–Crippen LogP) is -0.225. The van der Waals surface area contributed by atoms with Gasteiger partial charge in [-0.05, 0) is 12.1 Å². The third-order valence-corrected chi connectivity index (χ3v) is 3.00. The van der Waals surface area contributed by atoms with Gasteiger partial charge in [-0.15, -0.1) is 24.8 Å². The van der Waals surface area contributed by atoms with Gasteiger partial charge in [-0.3, -0.25) is 9.59 Å². The minimum Gasteiger partial charge on any atom is -0.378 e. The van der Waals surface area contributed by atoms with Crippen LogP contribution in [0.4, 0.5) is 11.5 Å². The Balaban J connectivity index is 0.00000242. The number of carbonyl (C=O) groups excluding carboxylic acids is 2. The summed E-state index contributed by atoms with van der Waals surface area (Å²) < 4.78 is 5.28. The molecule has 2 heterocycles. The lowest BCUT2D eigenvalue weighted by Crippen LogP contribution is -2.37. The minimum atomic E-state index is -0.369. The number of pyridine rings is 1. The quantitative estimate of drug-likeness (QED) is 0.665. The summed E-state index contributed by atoms with van der Waals surface area (Å²) in [7, 11) is 0. The maximum Gasteiger partial charge on any atom is 0.243 e. The summed E-state index contributed by atoms with van der Waals surface area (Å²) in [6.45, 7) is 2.76. The minimum absolute atomic E-state index is 0. The third kappa shape index (κ3) is 7.00. The molecule has 1 saturated heterocycles. The van der Waals surface area contributed by atoms with E-state index < -0.39 is 0 Å². The lowest BCUT2D eigenvalue weighted by molar-refractivity contribution is -0.123. The highest BCUT2D eigenvalue weighted by atomic mass is 35.5. The fourth-order valence-corrected chi connectivity index (χ4v) is 1.90. The normalized spacial score (nSPS) is 13.3.